The van der Waals surface area contributed by atoms with E-state index < -0.39 is 0 Å². The number of carbonyl (C=O) groups is 2. The molecule has 2 aromatic rings. The van der Waals surface area contributed by atoms with Crippen LogP contribution in [0.25, 0.3) is 10.2 Å². The Kier molecular flexibility index (Phi) is 4.38. The maximum atomic E-state index is 12.3. The number of amides is 2. The Morgan fingerprint density at radius 3 is 2.68 bits per heavy atom. The number of nitrogens with one attached hydrogen (secondary N) is 2. The van der Waals surface area contributed by atoms with E-state index in [-0.39, 0.29) is 17.7 Å². The van der Waals surface area contributed by atoms with Crippen LogP contribution >= 0.6 is 11.3 Å². The van der Waals surface area contributed by atoms with Gasteiger partial charge < -0.3 is 10.6 Å². The molecular formula is C16H19N3O2S. The van der Waals surface area contributed by atoms with Crippen LogP contribution < -0.4 is 10.6 Å². The molecule has 0 aliphatic heterocycles. The fourth-order valence-corrected chi connectivity index (χ4v) is 3.77. The van der Waals surface area contributed by atoms with Gasteiger partial charge in [-0.2, -0.15) is 0 Å². The number of hydrogen-bond acceptors (Lipinski definition) is 4. The molecule has 0 bridgehead atoms. The molecule has 6 heteroatoms. The fourth-order valence-electron chi connectivity index (χ4n) is 2.82. The molecule has 22 heavy (non-hydrogen) atoms. The topological polar surface area (TPSA) is 71.1 Å². The molecule has 0 unspecified atom stereocenters. The molecule has 5 nitrogen and oxygen atoms in total. The summed E-state index contributed by atoms with van der Waals surface area (Å²) in [5, 5.41) is 6.28. The molecule has 1 aliphatic carbocycles. The van der Waals surface area contributed by atoms with Crippen molar-refractivity contribution in [3.8, 4) is 0 Å². The van der Waals surface area contributed by atoms with Crippen LogP contribution in [0.3, 0.4) is 0 Å². The van der Waals surface area contributed by atoms with Crippen molar-refractivity contribution in [3.05, 3.63) is 18.2 Å². The maximum absolute atomic E-state index is 12.3. The number of benzene rings is 1. The Labute approximate surface area is 133 Å². The van der Waals surface area contributed by atoms with E-state index in [1.807, 2.05) is 18.2 Å². The Morgan fingerprint density at radius 1 is 1.18 bits per heavy atom. The number of carbonyl (C=O) groups excluding carboxylic acids is 2. The third-order valence-corrected chi connectivity index (χ3v) is 4.85. The van der Waals surface area contributed by atoms with Crippen LogP contribution in [0, 0.1) is 5.92 Å². The van der Waals surface area contributed by atoms with Gasteiger partial charge in [0.15, 0.2) is 5.13 Å². The standard InChI is InChI=1S/C16H19N3O2S/c1-10(20)17-16-19-13-8-7-12(9-14(13)22-16)18-15(21)11-5-3-2-4-6-11/h7-9,11H,2-6H2,1H3,(H,18,21)(H,17,19,20). The second kappa shape index (κ2) is 6.44. The first-order valence-corrected chi connectivity index (χ1v) is 8.42. The van der Waals surface area contributed by atoms with Crippen LogP contribution in [-0.2, 0) is 9.59 Å². The quantitative estimate of drug-likeness (QED) is 0.905. The lowest BCUT2D eigenvalue weighted by Gasteiger charge is -2.20. The lowest BCUT2D eigenvalue weighted by molar-refractivity contribution is -0.120. The molecule has 3 rings (SSSR count). The largest absolute Gasteiger partial charge is 0.326 e. The summed E-state index contributed by atoms with van der Waals surface area (Å²) in [5.41, 5.74) is 1.62. The molecule has 0 spiro atoms. The lowest BCUT2D eigenvalue weighted by Crippen LogP contribution is -2.24. The smallest absolute Gasteiger partial charge is 0.227 e. The Bertz CT molecular complexity index is 704. The summed E-state index contributed by atoms with van der Waals surface area (Å²) < 4.78 is 0.949. The molecule has 1 saturated carbocycles. The normalized spacial score (nSPS) is 15.7. The van der Waals surface area contributed by atoms with Crippen molar-refractivity contribution in [1.82, 2.24) is 4.98 Å². The Balaban J connectivity index is 1.73. The summed E-state index contributed by atoms with van der Waals surface area (Å²) in [6.07, 6.45) is 5.50. The zero-order valence-electron chi connectivity index (χ0n) is 12.5. The summed E-state index contributed by atoms with van der Waals surface area (Å²) in [5.74, 6) is 0.122. The highest BCUT2D eigenvalue weighted by Gasteiger charge is 2.21. The summed E-state index contributed by atoms with van der Waals surface area (Å²) in [4.78, 5) is 27.7. The highest BCUT2D eigenvalue weighted by Crippen LogP contribution is 2.29. The van der Waals surface area contributed by atoms with E-state index in [2.05, 4.69) is 15.6 Å². The predicted molar refractivity (Wildman–Crippen MR) is 89.1 cm³/mol. The van der Waals surface area contributed by atoms with E-state index in [0.29, 0.717) is 5.13 Å². The fraction of sp³-hybridized carbons (Fsp3) is 0.438. The first kappa shape index (κ1) is 15.0. The van der Waals surface area contributed by atoms with Crippen LogP contribution in [0.2, 0.25) is 0 Å². The second-order valence-electron chi connectivity index (χ2n) is 5.71. The molecule has 0 atom stereocenters. The third kappa shape index (κ3) is 3.44. The molecule has 1 heterocycles. The van der Waals surface area contributed by atoms with Crippen LogP contribution in [-0.4, -0.2) is 16.8 Å². The van der Waals surface area contributed by atoms with Crippen molar-refractivity contribution in [1.29, 1.82) is 0 Å². The SMILES string of the molecule is CC(=O)Nc1nc2ccc(NC(=O)C3CCCCC3)cc2s1. The van der Waals surface area contributed by atoms with Crippen molar-refractivity contribution in [3.63, 3.8) is 0 Å². The van der Waals surface area contributed by atoms with Crippen LogP contribution in [0.4, 0.5) is 10.8 Å². The van der Waals surface area contributed by atoms with Gasteiger partial charge in [-0.05, 0) is 31.0 Å². The van der Waals surface area contributed by atoms with Gasteiger partial charge in [-0.25, -0.2) is 4.98 Å². The molecule has 0 radical (unpaired) electrons. The molecule has 116 valence electrons. The number of aromatic nitrogens is 1. The molecule has 1 fully saturated rings. The second-order valence-corrected chi connectivity index (χ2v) is 6.74. The van der Waals surface area contributed by atoms with Crippen LogP contribution in [0.5, 0.6) is 0 Å². The van der Waals surface area contributed by atoms with Gasteiger partial charge >= 0.3 is 0 Å². The van der Waals surface area contributed by atoms with Crippen LogP contribution in [0.1, 0.15) is 39.0 Å². The number of thiazole rings is 1. The highest BCUT2D eigenvalue weighted by atomic mass is 32.1. The van der Waals surface area contributed by atoms with Gasteiger partial charge in [-0.15, -0.1) is 0 Å². The molecule has 1 aromatic heterocycles. The van der Waals surface area contributed by atoms with E-state index in [9.17, 15) is 9.59 Å². The van der Waals surface area contributed by atoms with Gasteiger partial charge in [0.2, 0.25) is 11.8 Å². The van der Waals surface area contributed by atoms with E-state index >= 15 is 0 Å². The first-order valence-electron chi connectivity index (χ1n) is 7.61. The van der Waals surface area contributed by atoms with Gasteiger partial charge in [0, 0.05) is 18.5 Å². The van der Waals surface area contributed by atoms with Crippen molar-refractivity contribution >= 4 is 44.2 Å². The number of fused-ring (bicyclic) bond motifs is 1. The summed E-state index contributed by atoms with van der Waals surface area (Å²) in [7, 11) is 0. The van der Waals surface area contributed by atoms with E-state index in [4.69, 9.17) is 0 Å². The molecule has 1 aromatic carbocycles. The predicted octanol–water partition coefficient (Wildman–Crippen LogP) is 3.77. The van der Waals surface area contributed by atoms with Crippen molar-refractivity contribution in [2.45, 2.75) is 39.0 Å². The minimum absolute atomic E-state index is 0.116. The van der Waals surface area contributed by atoms with Gasteiger partial charge in [0.1, 0.15) is 0 Å². The third-order valence-electron chi connectivity index (χ3n) is 3.91. The summed E-state index contributed by atoms with van der Waals surface area (Å²) in [6, 6.07) is 5.65. The van der Waals surface area contributed by atoms with Crippen molar-refractivity contribution in [2.24, 2.45) is 5.92 Å². The van der Waals surface area contributed by atoms with Crippen LogP contribution in [0.15, 0.2) is 18.2 Å². The minimum atomic E-state index is -0.134. The first-order chi connectivity index (χ1) is 10.6. The lowest BCUT2D eigenvalue weighted by atomic mass is 9.88. The maximum Gasteiger partial charge on any atom is 0.227 e. The van der Waals surface area contributed by atoms with Gasteiger partial charge in [-0.3, -0.25) is 9.59 Å². The van der Waals surface area contributed by atoms with Gasteiger partial charge in [-0.1, -0.05) is 30.6 Å². The van der Waals surface area contributed by atoms with Crippen molar-refractivity contribution < 1.29 is 9.59 Å². The number of nitrogens with zero attached hydrogens (tertiary/aromatic N) is 1. The van der Waals surface area contributed by atoms with E-state index in [0.717, 1.165) is 41.6 Å². The monoisotopic (exact) mass is 317 g/mol. The summed E-state index contributed by atoms with van der Waals surface area (Å²) in [6.45, 7) is 1.46. The highest BCUT2D eigenvalue weighted by molar-refractivity contribution is 7.22. The minimum Gasteiger partial charge on any atom is -0.326 e. The van der Waals surface area contributed by atoms with Gasteiger partial charge in [0.05, 0.1) is 10.2 Å². The molecule has 2 amide bonds. The Morgan fingerprint density at radius 2 is 1.95 bits per heavy atom. The number of anilines is 2. The average Bonchev–Trinajstić information content (AvgIpc) is 2.88. The van der Waals surface area contributed by atoms with Crippen molar-refractivity contribution in [2.75, 3.05) is 10.6 Å². The Hall–Kier alpha value is -1.95. The van der Waals surface area contributed by atoms with E-state index in [1.165, 1.54) is 24.7 Å². The number of hydrogen-bond donors (Lipinski definition) is 2. The average molecular weight is 317 g/mol. The summed E-state index contributed by atoms with van der Waals surface area (Å²) >= 11 is 1.41. The molecule has 1 aliphatic rings. The zero-order chi connectivity index (χ0) is 15.5. The number of rotatable bonds is 3. The van der Waals surface area contributed by atoms with Gasteiger partial charge in [0.25, 0.3) is 0 Å². The molecule has 0 saturated heterocycles. The molecule has 2 N–H and O–H groups in total. The zero-order valence-corrected chi connectivity index (χ0v) is 13.3. The van der Waals surface area contributed by atoms with E-state index in [1.54, 1.807) is 0 Å². The molecular weight excluding hydrogens is 298 g/mol.